The zero-order valence-electron chi connectivity index (χ0n) is 10.8. The number of carbonyl (C=O) groups is 2. The average Bonchev–Trinajstić information content (AvgIpc) is 2.93. The SMILES string of the molecule is COC(=O)c1sccc1OCc1cccc(C(N)=O)c1. The smallest absolute Gasteiger partial charge is 0.351 e. The molecule has 0 unspecified atom stereocenters. The van der Waals surface area contributed by atoms with Crippen molar-refractivity contribution in [3.05, 3.63) is 51.7 Å². The predicted octanol–water partition coefficient (Wildman–Crippen LogP) is 2.21. The molecule has 104 valence electrons. The predicted molar refractivity (Wildman–Crippen MR) is 75.0 cm³/mol. The van der Waals surface area contributed by atoms with Gasteiger partial charge in [0.05, 0.1) is 7.11 Å². The highest BCUT2D eigenvalue weighted by Crippen LogP contribution is 2.26. The van der Waals surface area contributed by atoms with Crippen LogP contribution in [-0.4, -0.2) is 19.0 Å². The van der Waals surface area contributed by atoms with Gasteiger partial charge in [-0.25, -0.2) is 4.79 Å². The molecule has 1 heterocycles. The van der Waals surface area contributed by atoms with Crippen LogP contribution >= 0.6 is 11.3 Å². The second-order valence-corrected chi connectivity index (χ2v) is 4.87. The lowest BCUT2D eigenvalue weighted by molar-refractivity contribution is 0.0601. The number of thiophene rings is 1. The number of esters is 1. The van der Waals surface area contributed by atoms with Crippen LogP contribution in [0, 0.1) is 0 Å². The molecule has 6 heteroatoms. The maximum absolute atomic E-state index is 11.5. The summed E-state index contributed by atoms with van der Waals surface area (Å²) in [6, 6.07) is 8.54. The minimum Gasteiger partial charge on any atom is -0.487 e. The van der Waals surface area contributed by atoms with E-state index in [-0.39, 0.29) is 6.61 Å². The summed E-state index contributed by atoms with van der Waals surface area (Å²) < 4.78 is 10.2. The van der Waals surface area contributed by atoms with Gasteiger partial charge in [-0.05, 0) is 29.1 Å². The van der Waals surface area contributed by atoms with Gasteiger partial charge in [0.1, 0.15) is 12.4 Å². The number of rotatable bonds is 5. The van der Waals surface area contributed by atoms with E-state index in [2.05, 4.69) is 4.74 Å². The van der Waals surface area contributed by atoms with E-state index in [1.165, 1.54) is 18.4 Å². The van der Waals surface area contributed by atoms with Crippen molar-refractivity contribution in [2.45, 2.75) is 6.61 Å². The lowest BCUT2D eigenvalue weighted by atomic mass is 10.1. The van der Waals surface area contributed by atoms with Crippen molar-refractivity contribution in [2.75, 3.05) is 7.11 Å². The summed E-state index contributed by atoms with van der Waals surface area (Å²) in [5.41, 5.74) is 6.43. The van der Waals surface area contributed by atoms with E-state index in [1.54, 1.807) is 29.6 Å². The largest absolute Gasteiger partial charge is 0.487 e. The molecule has 0 aliphatic rings. The minimum absolute atomic E-state index is 0.238. The van der Waals surface area contributed by atoms with Crippen LogP contribution in [-0.2, 0) is 11.3 Å². The normalized spacial score (nSPS) is 10.1. The van der Waals surface area contributed by atoms with Crippen molar-refractivity contribution < 1.29 is 19.1 Å². The Bertz CT molecular complexity index is 636. The zero-order chi connectivity index (χ0) is 14.5. The highest BCUT2D eigenvalue weighted by atomic mass is 32.1. The number of benzene rings is 1. The van der Waals surface area contributed by atoms with Gasteiger partial charge in [0, 0.05) is 5.56 Å². The van der Waals surface area contributed by atoms with E-state index in [0.717, 1.165) is 5.56 Å². The highest BCUT2D eigenvalue weighted by molar-refractivity contribution is 7.12. The quantitative estimate of drug-likeness (QED) is 0.857. The van der Waals surface area contributed by atoms with Gasteiger partial charge in [0.25, 0.3) is 0 Å². The lowest BCUT2D eigenvalue weighted by Crippen LogP contribution is -2.11. The van der Waals surface area contributed by atoms with Crippen molar-refractivity contribution in [3.63, 3.8) is 0 Å². The number of carbonyl (C=O) groups excluding carboxylic acids is 2. The Morgan fingerprint density at radius 3 is 2.80 bits per heavy atom. The average molecular weight is 291 g/mol. The molecule has 2 N–H and O–H groups in total. The molecule has 2 aromatic rings. The fraction of sp³-hybridized carbons (Fsp3) is 0.143. The Hall–Kier alpha value is -2.34. The molecule has 2 rings (SSSR count). The molecule has 1 aromatic heterocycles. The number of ether oxygens (including phenoxy) is 2. The first-order valence-corrected chi connectivity index (χ1v) is 6.67. The molecule has 20 heavy (non-hydrogen) atoms. The third-order valence-electron chi connectivity index (χ3n) is 2.61. The van der Waals surface area contributed by atoms with Crippen molar-refractivity contribution >= 4 is 23.2 Å². The molecule has 1 aromatic carbocycles. The first-order chi connectivity index (χ1) is 9.61. The molecule has 0 spiro atoms. The second-order valence-electron chi connectivity index (χ2n) is 3.96. The molecular formula is C14H13NO4S. The summed E-state index contributed by atoms with van der Waals surface area (Å²) >= 11 is 1.25. The van der Waals surface area contributed by atoms with E-state index in [4.69, 9.17) is 10.5 Å². The summed E-state index contributed by atoms with van der Waals surface area (Å²) in [6.07, 6.45) is 0. The molecule has 0 radical (unpaired) electrons. The number of methoxy groups -OCH3 is 1. The second kappa shape index (κ2) is 6.21. The van der Waals surface area contributed by atoms with Gasteiger partial charge in [-0.15, -0.1) is 11.3 Å². The Morgan fingerprint density at radius 2 is 2.10 bits per heavy atom. The summed E-state index contributed by atoms with van der Waals surface area (Å²) in [5, 5.41) is 1.75. The summed E-state index contributed by atoms with van der Waals surface area (Å²) in [6.45, 7) is 0.238. The molecular weight excluding hydrogens is 278 g/mol. The van der Waals surface area contributed by atoms with Gasteiger partial charge in [-0.3, -0.25) is 4.79 Å². The molecule has 0 saturated carbocycles. The van der Waals surface area contributed by atoms with Crippen molar-refractivity contribution in [1.29, 1.82) is 0 Å². The standard InChI is InChI=1S/C14H13NO4S/c1-18-14(17)12-11(5-6-20-12)19-8-9-3-2-4-10(7-9)13(15)16/h2-7H,8H2,1H3,(H2,15,16). The highest BCUT2D eigenvalue weighted by Gasteiger charge is 2.14. The van der Waals surface area contributed by atoms with Crippen LogP contribution in [0.1, 0.15) is 25.6 Å². The molecule has 0 bridgehead atoms. The fourth-order valence-corrected chi connectivity index (χ4v) is 2.38. The van der Waals surface area contributed by atoms with Crippen LogP contribution in [0.5, 0.6) is 5.75 Å². The molecule has 0 aliphatic heterocycles. The Labute approximate surface area is 119 Å². The summed E-state index contributed by atoms with van der Waals surface area (Å²) in [4.78, 5) is 23.0. The number of primary amides is 1. The monoisotopic (exact) mass is 291 g/mol. The topological polar surface area (TPSA) is 78.6 Å². The number of hydrogen-bond donors (Lipinski definition) is 1. The van der Waals surface area contributed by atoms with Gasteiger partial charge in [0.15, 0.2) is 4.88 Å². The van der Waals surface area contributed by atoms with Gasteiger partial charge in [0.2, 0.25) is 5.91 Å². The third-order valence-corrected chi connectivity index (χ3v) is 3.48. The molecule has 0 saturated heterocycles. The maximum atomic E-state index is 11.5. The Morgan fingerprint density at radius 1 is 1.30 bits per heavy atom. The number of amides is 1. The van der Waals surface area contributed by atoms with Crippen molar-refractivity contribution in [1.82, 2.24) is 0 Å². The molecule has 0 fully saturated rings. The minimum atomic E-state index is -0.488. The Kier molecular flexibility index (Phi) is 4.37. The van der Waals surface area contributed by atoms with Gasteiger partial charge < -0.3 is 15.2 Å². The molecule has 1 amide bonds. The van der Waals surface area contributed by atoms with Crippen LogP contribution in [0.15, 0.2) is 35.7 Å². The summed E-state index contributed by atoms with van der Waals surface area (Å²) in [7, 11) is 1.32. The lowest BCUT2D eigenvalue weighted by Gasteiger charge is -2.07. The first-order valence-electron chi connectivity index (χ1n) is 5.79. The number of hydrogen-bond acceptors (Lipinski definition) is 5. The fourth-order valence-electron chi connectivity index (χ4n) is 1.63. The van der Waals surface area contributed by atoms with E-state index in [9.17, 15) is 9.59 Å². The summed E-state index contributed by atoms with van der Waals surface area (Å²) in [5.74, 6) is -0.454. The van der Waals surface area contributed by atoms with E-state index < -0.39 is 11.9 Å². The van der Waals surface area contributed by atoms with Crippen LogP contribution in [0.2, 0.25) is 0 Å². The van der Waals surface area contributed by atoms with E-state index in [0.29, 0.717) is 16.2 Å². The van der Waals surface area contributed by atoms with E-state index >= 15 is 0 Å². The van der Waals surface area contributed by atoms with Crippen LogP contribution in [0.25, 0.3) is 0 Å². The maximum Gasteiger partial charge on any atom is 0.351 e. The molecule has 5 nitrogen and oxygen atoms in total. The van der Waals surface area contributed by atoms with Crippen LogP contribution < -0.4 is 10.5 Å². The first kappa shape index (κ1) is 14.1. The van der Waals surface area contributed by atoms with E-state index in [1.807, 2.05) is 6.07 Å². The zero-order valence-corrected chi connectivity index (χ0v) is 11.6. The van der Waals surface area contributed by atoms with Gasteiger partial charge in [-0.2, -0.15) is 0 Å². The van der Waals surface area contributed by atoms with Crippen LogP contribution in [0.4, 0.5) is 0 Å². The van der Waals surface area contributed by atoms with Gasteiger partial charge in [-0.1, -0.05) is 12.1 Å². The van der Waals surface area contributed by atoms with Crippen molar-refractivity contribution in [3.8, 4) is 5.75 Å². The van der Waals surface area contributed by atoms with Crippen LogP contribution in [0.3, 0.4) is 0 Å². The number of nitrogens with two attached hydrogens (primary N) is 1. The van der Waals surface area contributed by atoms with Gasteiger partial charge >= 0.3 is 5.97 Å². The molecule has 0 atom stereocenters. The molecule has 0 aliphatic carbocycles. The van der Waals surface area contributed by atoms with Crippen molar-refractivity contribution in [2.24, 2.45) is 5.73 Å². The Balaban J connectivity index is 2.09. The third kappa shape index (κ3) is 3.16.